The molecule has 0 N–H and O–H groups in total. The summed E-state index contributed by atoms with van der Waals surface area (Å²) >= 11 is 9.47. The molecule has 0 spiro atoms. The van der Waals surface area contributed by atoms with Crippen molar-refractivity contribution in [2.45, 2.75) is 39.2 Å². The molecule has 0 aliphatic heterocycles. The van der Waals surface area contributed by atoms with Crippen LogP contribution in [0, 0.1) is 0 Å². The summed E-state index contributed by atoms with van der Waals surface area (Å²) < 4.78 is 0. The molecule has 0 saturated heterocycles. The Kier molecular flexibility index (Phi) is 6.27. The molecule has 3 heteroatoms. The fraction of sp³-hybridized carbons (Fsp3) is 0. The van der Waals surface area contributed by atoms with Gasteiger partial charge < -0.3 is 0 Å². The van der Waals surface area contributed by atoms with E-state index in [-0.39, 0.29) is 0 Å². The molecule has 0 aliphatic carbocycles. The molecule has 6 rings (SSSR count). The summed E-state index contributed by atoms with van der Waals surface area (Å²) in [5.74, 6) is 0. The largest absolute Gasteiger partial charge is 0.149 e. The van der Waals surface area contributed by atoms with Gasteiger partial charge in [0, 0.05) is 9.79 Å². The van der Waals surface area contributed by atoms with Gasteiger partial charge in [0.2, 0.25) is 0 Å². The van der Waals surface area contributed by atoms with Crippen LogP contribution in [0.15, 0.2) is 209 Å². The van der Waals surface area contributed by atoms with Crippen LogP contribution >= 0.6 is 33.6 Å². The van der Waals surface area contributed by atoms with Crippen LogP contribution < -0.4 is 0 Å². The highest BCUT2D eigenvalue weighted by Gasteiger charge is 2.69. The van der Waals surface area contributed by atoms with Crippen molar-refractivity contribution in [1.82, 2.24) is 0 Å². The first-order chi connectivity index (χ1) is 19.1. The Morgan fingerprint density at radius 2 is 0.462 bits per heavy atom. The SMILES string of the molecule is Sc1ccc(S(c2ccccc2)(c2ccccc2)(c2ccccc2)(c2ccccc2)c2ccc(S)cc2)cc1. The summed E-state index contributed by atoms with van der Waals surface area (Å²) in [5.41, 5.74) is 0. The second-order valence-electron chi connectivity index (χ2n) is 9.77. The molecule has 0 aromatic heterocycles. The van der Waals surface area contributed by atoms with E-state index in [4.69, 9.17) is 25.3 Å². The molecule has 0 bridgehead atoms. The van der Waals surface area contributed by atoms with E-state index in [1.807, 2.05) is 0 Å². The third kappa shape index (κ3) is 3.07. The number of rotatable bonds is 6. The van der Waals surface area contributed by atoms with Crippen molar-refractivity contribution in [3.8, 4) is 0 Å². The molecule has 6 aromatic carbocycles. The Bertz CT molecular complexity index is 1490. The monoisotopic (exact) mass is 558 g/mol. The Hall–Kier alpha value is -3.63. The van der Waals surface area contributed by atoms with Gasteiger partial charge in [-0.1, -0.05) is 72.8 Å². The maximum Gasteiger partial charge on any atom is 0.00407 e. The third-order valence-corrected chi connectivity index (χ3v) is 17.5. The van der Waals surface area contributed by atoms with E-state index in [0.29, 0.717) is 0 Å². The molecule has 0 amide bonds. The highest BCUT2D eigenvalue weighted by atomic mass is 32.4. The molecule has 0 heterocycles. The van der Waals surface area contributed by atoms with Crippen molar-refractivity contribution in [3.05, 3.63) is 170 Å². The molecule has 0 fully saturated rings. The molecule has 192 valence electrons. The maximum absolute atomic E-state index is 4.74. The predicted octanol–water partition coefficient (Wildman–Crippen LogP) is 10.8. The predicted molar refractivity (Wildman–Crippen MR) is 170 cm³/mol. The van der Waals surface area contributed by atoms with Crippen molar-refractivity contribution in [2.75, 3.05) is 0 Å². The van der Waals surface area contributed by atoms with Crippen molar-refractivity contribution >= 4 is 33.6 Å². The summed E-state index contributed by atoms with van der Waals surface area (Å²) in [7, 11) is -4.32. The zero-order valence-corrected chi connectivity index (χ0v) is 24.1. The van der Waals surface area contributed by atoms with Gasteiger partial charge in [-0.05, 0) is 126 Å². The zero-order chi connectivity index (χ0) is 26.8. The lowest BCUT2D eigenvalue weighted by molar-refractivity contribution is 1.05. The Morgan fingerprint density at radius 3 is 0.692 bits per heavy atom. The van der Waals surface area contributed by atoms with Gasteiger partial charge in [-0.3, -0.25) is 0 Å². The Labute approximate surface area is 241 Å². The first-order valence-corrected chi connectivity index (χ1v) is 16.3. The maximum atomic E-state index is 4.74. The van der Waals surface area contributed by atoms with Crippen LogP contribution in [0.2, 0.25) is 0 Å². The lowest BCUT2D eigenvalue weighted by Crippen LogP contribution is -2.39. The first-order valence-electron chi connectivity index (χ1n) is 13.0. The molecule has 6 aromatic rings. The Balaban J connectivity index is 2.14. The van der Waals surface area contributed by atoms with Gasteiger partial charge in [-0.15, -0.1) is 33.6 Å². The second-order valence-corrected chi connectivity index (χ2v) is 16.7. The van der Waals surface area contributed by atoms with Crippen LogP contribution in [0.25, 0.3) is 0 Å². The molecule has 39 heavy (non-hydrogen) atoms. The quantitative estimate of drug-likeness (QED) is 0.187. The summed E-state index contributed by atoms with van der Waals surface area (Å²) in [6, 6.07) is 62.0. The van der Waals surface area contributed by atoms with E-state index in [9.17, 15) is 0 Å². The van der Waals surface area contributed by atoms with Crippen molar-refractivity contribution in [1.29, 1.82) is 0 Å². The number of hydrogen-bond acceptors (Lipinski definition) is 2. The van der Waals surface area contributed by atoms with Crippen LogP contribution in [0.1, 0.15) is 0 Å². The summed E-state index contributed by atoms with van der Waals surface area (Å²) in [5, 5.41) is 0. The number of thiol groups is 2. The first kappa shape index (κ1) is 25.6. The van der Waals surface area contributed by atoms with Gasteiger partial charge in [-0.2, -0.15) is 0 Å². The summed E-state index contributed by atoms with van der Waals surface area (Å²) in [6.07, 6.45) is 0. The van der Waals surface area contributed by atoms with Gasteiger partial charge in [0.05, 0.1) is 0 Å². The summed E-state index contributed by atoms with van der Waals surface area (Å²) in [6.45, 7) is 0. The minimum absolute atomic E-state index is 0.927. The van der Waals surface area contributed by atoms with Crippen molar-refractivity contribution in [2.24, 2.45) is 0 Å². The molecule has 0 aliphatic rings. The van der Waals surface area contributed by atoms with Gasteiger partial charge in [0.15, 0.2) is 0 Å². The zero-order valence-electron chi connectivity index (χ0n) is 21.5. The molecular formula is C36H30S3. The molecule has 0 radical (unpaired) electrons. The molecule has 0 nitrogen and oxygen atoms in total. The number of hydrogen-bond donors (Lipinski definition) is 2. The van der Waals surface area contributed by atoms with E-state index in [0.717, 1.165) is 9.79 Å². The minimum atomic E-state index is -4.32. The van der Waals surface area contributed by atoms with E-state index >= 15 is 0 Å². The standard InChI is InChI=1S/C36H30S3/c37-29-21-25-35(26-22-29)39(31-13-5-1-6-14-31,32-15-7-2-8-16-32,33-17-9-3-10-18-33,34-19-11-4-12-20-34)36-27-23-30(38)24-28-36/h1-28,37-38H. The smallest absolute Gasteiger partial charge is 0.00407 e. The minimum Gasteiger partial charge on any atom is -0.149 e. The van der Waals surface area contributed by atoms with Crippen LogP contribution in [0.4, 0.5) is 0 Å². The highest BCUT2D eigenvalue weighted by molar-refractivity contribution is 8.64. The van der Waals surface area contributed by atoms with Crippen molar-refractivity contribution < 1.29 is 0 Å². The average molecular weight is 559 g/mol. The average Bonchev–Trinajstić information content (AvgIpc) is 3.02. The normalized spacial score (nSPS) is 13.3. The fourth-order valence-corrected chi connectivity index (χ4v) is 16.0. The van der Waals surface area contributed by atoms with Gasteiger partial charge in [-0.25, -0.2) is 0 Å². The van der Waals surface area contributed by atoms with Gasteiger partial charge in [0.25, 0.3) is 0 Å². The van der Waals surface area contributed by atoms with E-state index in [1.165, 1.54) is 29.4 Å². The summed E-state index contributed by atoms with van der Waals surface area (Å²) in [4.78, 5) is 9.23. The van der Waals surface area contributed by atoms with Crippen LogP contribution in [0.3, 0.4) is 0 Å². The van der Waals surface area contributed by atoms with Crippen molar-refractivity contribution in [3.63, 3.8) is 0 Å². The van der Waals surface area contributed by atoms with Crippen LogP contribution in [0.5, 0.6) is 0 Å². The second kappa shape index (κ2) is 9.53. The van der Waals surface area contributed by atoms with Gasteiger partial charge in [0.1, 0.15) is 0 Å². The van der Waals surface area contributed by atoms with Crippen LogP contribution in [-0.2, 0) is 0 Å². The molecule has 0 saturated carbocycles. The number of benzene rings is 6. The van der Waals surface area contributed by atoms with E-state index < -0.39 is 8.29 Å². The molecule has 0 unspecified atom stereocenters. The van der Waals surface area contributed by atoms with Gasteiger partial charge >= 0.3 is 0 Å². The Morgan fingerprint density at radius 1 is 0.256 bits per heavy atom. The third-order valence-electron chi connectivity index (χ3n) is 8.18. The van der Waals surface area contributed by atoms with E-state index in [2.05, 4.69) is 170 Å². The molecule has 0 atom stereocenters. The van der Waals surface area contributed by atoms with E-state index in [1.54, 1.807) is 0 Å². The van der Waals surface area contributed by atoms with Crippen LogP contribution in [-0.4, -0.2) is 0 Å². The lowest BCUT2D eigenvalue weighted by atomic mass is 10.3. The topological polar surface area (TPSA) is 0 Å². The molecular weight excluding hydrogens is 529 g/mol. The lowest BCUT2D eigenvalue weighted by Gasteiger charge is -2.80. The fourth-order valence-electron chi connectivity index (χ4n) is 6.66. The highest BCUT2D eigenvalue weighted by Crippen LogP contribution is 3.13.